The van der Waals surface area contributed by atoms with E-state index < -0.39 is 0 Å². The second kappa shape index (κ2) is 11.8. The van der Waals surface area contributed by atoms with E-state index >= 15 is 0 Å². The van der Waals surface area contributed by atoms with Crippen molar-refractivity contribution >= 4 is 5.96 Å². The molecule has 1 aromatic carbocycles. The van der Waals surface area contributed by atoms with Gasteiger partial charge in [-0.05, 0) is 50.7 Å². The molecule has 5 heteroatoms. The van der Waals surface area contributed by atoms with E-state index in [0.717, 1.165) is 56.4 Å². The molecule has 0 spiro atoms. The molecule has 23 heavy (non-hydrogen) atoms. The Morgan fingerprint density at radius 3 is 2.61 bits per heavy atom. The predicted molar refractivity (Wildman–Crippen MR) is 98.2 cm³/mol. The van der Waals surface area contributed by atoms with Gasteiger partial charge >= 0.3 is 0 Å². The summed E-state index contributed by atoms with van der Waals surface area (Å²) in [5.41, 5.74) is 1.14. The maximum Gasteiger partial charge on any atom is 0.191 e. The molecule has 0 fully saturated rings. The highest BCUT2D eigenvalue weighted by Crippen LogP contribution is 2.13. The smallest absolute Gasteiger partial charge is 0.191 e. The number of ether oxygens (including phenoxy) is 1. The van der Waals surface area contributed by atoms with Crippen molar-refractivity contribution in [1.82, 2.24) is 15.5 Å². The molecule has 2 N–H and O–H groups in total. The summed E-state index contributed by atoms with van der Waals surface area (Å²) in [7, 11) is 1.68. The van der Waals surface area contributed by atoms with Crippen LogP contribution < -0.4 is 15.4 Å². The van der Waals surface area contributed by atoms with E-state index in [4.69, 9.17) is 4.74 Å². The second-order valence-electron chi connectivity index (χ2n) is 5.35. The molecular formula is C18H32N4O. The summed E-state index contributed by atoms with van der Waals surface area (Å²) in [6.45, 7) is 12.3. The molecule has 1 rings (SSSR count). The van der Waals surface area contributed by atoms with Gasteiger partial charge in [0, 0.05) is 13.1 Å². The van der Waals surface area contributed by atoms with Crippen LogP contribution in [-0.2, 0) is 6.54 Å². The number of aliphatic imine (C=N–C) groups is 1. The molecule has 130 valence electrons. The number of nitrogens with one attached hydrogen (secondary N) is 2. The van der Waals surface area contributed by atoms with Crippen LogP contribution in [0.3, 0.4) is 0 Å². The molecule has 0 aliphatic heterocycles. The maximum absolute atomic E-state index is 5.25. The molecule has 5 nitrogen and oxygen atoms in total. The van der Waals surface area contributed by atoms with Crippen molar-refractivity contribution in [3.63, 3.8) is 0 Å². The highest BCUT2D eigenvalue weighted by Gasteiger charge is 2.01. The average Bonchev–Trinajstić information content (AvgIpc) is 2.59. The number of benzene rings is 1. The summed E-state index contributed by atoms with van der Waals surface area (Å²) < 4.78 is 5.25. The third-order valence-corrected chi connectivity index (χ3v) is 3.74. The molecule has 0 saturated carbocycles. The van der Waals surface area contributed by atoms with Gasteiger partial charge in [0.25, 0.3) is 0 Å². The Morgan fingerprint density at radius 1 is 1.17 bits per heavy atom. The first-order valence-electron chi connectivity index (χ1n) is 8.60. The Kier molecular flexibility index (Phi) is 9.87. The zero-order valence-corrected chi connectivity index (χ0v) is 15.1. The first-order valence-corrected chi connectivity index (χ1v) is 8.60. The fraction of sp³-hybridized carbons (Fsp3) is 0.611. The predicted octanol–water partition coefficient (Wildman–Crippen LogP) is 2.48. The lowest BCUT2D eigenvalue weighted by Gasteiger charge is -2.18. The molecule has 0 aromatic heterocycles. The van der Waals surface area contributed by atoms with E-state index in [9.17, 15) is 0 Å². The topological polar surface area (TPSA) is 48.9 Å². The maximum atomic E-state index is 5.25. The molecular weight excluding hydrogens is 288 g/mol. The Morgan fingerprint density at radius 2 is 1.96 bits per heavy atom. The number of methoxy groups -OCH3 is 1. The summed E-state index contributed by atoms with van der Waals surface area (Å²) in [6, 6.07) is 8.03. The monoisotopic (exact) mass is 320 g/mol. The largest absolute Gasteiger partial charge is 0.497 e. The number of rotatable bonds is 10. The summed E-state index contributed by atoms with van der Waals surface area (Å²) in [5, 5.41) is 6.70. The Bertz CT molecular complexity index is 458. The standard InChI is InChI=1S/C18H32N4O/c1-5-19-18(20-12-9-13-22(6-2)7-3)21-15-16-10-8-11-17(14-16)23-4/h8,10-11,14H,5-7,9,12-13,15H2,1-4H3,(H2,19,20,21). The van der Waals surface area contributed by atoms with Crippen LogP contribution in [0.2, 0.25) is 0 Å². The third kappa shape index (κ3) is 7.88. The van der Waals surface area contributed by atoms with Gasteiger partial charge in [-0.1, -0.05) is 26.0 Å². The van der Waals surface area contributed by atoms with Crippen molar-refractivity contribution in [3.8, 4) is 5.75 Å². The van der Waals surface area contributed by atoms with E-state index in [1.807, 2.05) is 18.2 Å². The molecule has 0 amide bonds. The Hall–Kier alpha value is -1.75. The molecule has 0 heterocycles. The number of hydrogen-bond donors (Lipinski definition) is 2. The highest BCUT2D eigenvalue weighted by molar-refractivity contribution is 5.79. The third-order valence-electron chi connectivity index (χ3n) is 3.74. The summed E-state index contributed by atoms with van der Waals surface area (Å²) in [4.78, 5) is 7.07. The molecule has 0 aliphatic rings. The van der Waals surface area contributed by atoms with Crippen LogP contribution in [0.25, 0.3) is 0 Å². The highest BCUT2D eigenvalue weighted by atomic mass is 16.5. The van der Waals surface area contributed by atoms with Gasteiger partial charge in [0.2, 0.25) is 0 Å². The SMILES string of the molecule is CCNC(=NCc1cccc(OC)c1)NCCCN(CC)CC. The molecule has 0 radical (unpaired) electrons. The Labute approximate surface area is 141 Å². The van der Waals surface area contributed by atoms with Gasteiger partial charge in [-0.15, -0.1) is 0 Å². The molecule has 0 unspecified atom stereocenters. The minimum Gasteiger partial charge on any atom is -0.497 e. The normalized spacial score (nSPS) is 11.6. The molecule has 0 atom stereocenters. The van der Waals surface area contributed by atoms with Gasteiger partial charge in [0.1, 0.15) is 5.75 Å². The van der Waals surface area contributed by atoms with Crippen molar-refractivity contribution < 1.29 is 4.74 Å². The van der Waals surface area contributed by atoms with Crippen LogP contribution in [0.1, 0.15) is 32.8 Å². The zero-order valence-electron chi connectivity index (χ0n) is 15.1. The van der Waals surface area contributed by atoms with Gasteiger partial charge in [0.05, 0.1) is 13.7 Å². The lowest BCUT2D eigenvalue weighted by molar-refractivity contribution is 0.300. The van der Waals surface area contributed by atoms with Gasteiger partial charge in [-0.3, -0.25) is 0 Å². The number of hydrogen-bond acceptors (Lipinski definition) is 3. The van der Waals surface area contributed by atoms with Gasteiger partial charge < -0.3 is 20.3 Å². The molecule has 1 aromatic rings. The van der Waals surface area contributed by atoms with Crippen molar-refractivity contribution in [1.29, 1.82) is 0 Å². The summed E-state index contributed by atoms with van der Waals surface area (Å²) in [6.07, 6.45) is 1.12. The van der Waals surface area contributed by atoms with E-state index in [1.165, 1.54) is 0 Å². The van der Waals surface area contributed by atoms with Crippen molar-refractivity contribution in [2.75, 3.05) is 39.8 Å². The van der Waals surface area contributed by atoms with Gasteiger partial charge in [-0.25, -0.2) is 4.99 Å². The fourth-order valence-electron chi connectivity index (χ4n) is 2.33. The zero-order chi connectivity index (χ0) is 16.9. The Balaban J connectivity index is 2.46. The average molecular weight is 320 g/mol. The quantitative estimate of drug-likeness (QED) is 0.395. The lowest BCUT2D eigenvalue weighted by atomic mass is 10.2. The van der Waals surface area contributed by atoms with E-state index in [-0.39, 0.29) is 0 Å². The fourth-order valence-corrected chi connectivity index (χ4v) is 2.33. The number of guanidine groups is 1. The molecule has 0 aliphatic carbocycles. The van der Waals surface area contributed by atoms with Gasteiger partial charge in [-0.2, -0.15) is 0 Å². The second-order valence-corrected chi connectivity index (χ2v) is 5.35. The van der Waals surface area contributed by atoms with Crippen LogP contribution in [-0.4, -0.2) is 50.7 Å². The van der Waals surface area contributed by atoms with E-state index in [2.05, 4.69) is 47.4 Å². The van der Waals surface area contributed by atoms with Crippen molar-refractivity contribution in [2.45, 2.75) is 33.7 Å². The van der Waals surface area contributed by atoms with Crippen LogP contribution in [0.4, 0.5) is 0 Å². The molecule has 0 saturated heterocycles. The van der Waals surface area contributed by atoms with E-state index in [0.29, 0.717) is 6.54 Å². The van der Waals surface area contributed by atoms with E-state index in [1.54, 1.807) is 7.11 Å². The lowest BCUT2D eigenvalue weighted by Crippen LogP contribution is -2.38. The van der Waals surface area contributed by atoms with Gasteiger partial charge in [0.15, 0.2) is 5.96 Å². The van der Waals surface area contributed by atoms with Crippen molar-refractivity contribution in [3.05, 3.63) is 29.8 Å². The van der Waals surface area contributed by atoms with Crippen LogP contribution in [0, 0.1) is 0 Å². The minimum atomic E-state index is 0.641. The first-order chi connectivity index (χ1) is 11.2. The summed E-state index contributed by atoms with van der Waals surface area (Å²) >= 11 is 0. The minimum absolute atomic E-state index is 0.641. The molecule has 0 bridgehead atoms. The summed E-state index contributed by atoms with van der Waals surface area (Å²) in [5.74, 6) is 1.74. The van der Waals surface area contributed by atoms with Crippen molar-refractivity contribution in [2.24, 2.45) is 4.99 Å². The van der Waals surface area contributed by atoms with Crippen LogP contribution >= 0.6 is 0 Å². The van der Waals surface area contributed by atoms with Crippen LogP contribution in [0.15, 0.2) is 29.3 Å². The first kappa shape index (κ1) is 19.3. The van der Waals surface area contributed by atoms with Crippen LogP contribution in [0.5, 0.6) is 5.75 Å². The number of nitrogens with zero attached hydrogens (tertiary/aromatic N) is 2.